The maximum absolute atomic E-state index is 11.3. The minimum atomic E-state index is -1.51. The van der Waals surface area contributed by atoms with Crippen molar-refractivity contribution in [2.45, 2.75) is 26.2 Å². The lowest BCUT2D eigenvalue weighted by molar-refractivity contribution is -0.159. The molecule has 0 bridgehead atoms. The number of carboxylic acids is 2. The number of carboxylic acid groups (broad SMARTS) is 2. The van der Waals surface area contributed by atoms with Crippen molar-refractivity contribution in [2.75, 3.05) is 0 Å². The topological polar surface area (TPSA) is 74.6 Å². The molecular weight excluding hydrogens is 268 g/mol. The Bertz CT molecular complexity index is 467. The fourth-order valence-corrected chi connectivity index (χ4v) is 2.39. The SMILES string of the molecule is CC(C)C(C)(c1ccc(Cl)cc1)C(C(=O)O)C(=O)O. The average Bonchev–Trinajstić information content (AvgIpc) is 2.28. The van der Waals surface area contributed by atoms with Crippen molar-refractivity contribution >= 4 is 23.5 Å². The van der Waals surface area contributed by atoms with Gasteiger partial charge in [0.05, 0.1) is 0 Å². The molecule has 1 unspecified atom stereocenters. The third kappa shape index (κ3) is 2.89. The van der Waals surface area contributed by atoms with Gasteiger partial charge in [-0.2, -0.15) is 0 Å². The van der Waals surface area contributed by atoms with Crippen LogP contribution in [0.4, 0.5) is 0 Å². The molecule has 0 amide bonds. The van der Waals surface area contributed by atoms with Gasteiger partial charge in [-0.05, 0) is 23.6 Å². The molecule has 0 saturated heterocycles. The molecule has 1 atom stereocenters. The van der Waals surface area contributed by atoms with Gasteiger partial charge in [0, 0.05) is 10.4 Å². The molecule has 5 heteroatoms. The Balaban J connectivity index is 3.42. The van der Waals surface area contributed by atoms with E-state index in [-0.39, 0.29) is 5.92 Å². The molecule has 1 aromatic carbocycles. The number of rotatable bonds is 5. The first-order valence-electron chi connectivity index (χ1n) is 5.93. The summed E-state index contributed by atoms with van der Waals surface area (Å²) < 4.78 is 0. The average molecular weight is 285 g/mol. The van der Waals surface area contributed by atoms with Gasteiger partial charge >= 0.3 is 11.9 Å². The first kappa shape index (κ1) is 15.5. The van der Waals surface area contributed by atoms with E-state index in [9.17, 15) is 19.8 Å². The predicted octanol–water partition coefficient (Wildman–Crippen LogP) is 3.04. The van der Waals surface area contributed by atoms with E-state index in [2.05, 4.69) is 0 Å². The summed E-state index contributed by atoms with van der Waals surface area (Å²) in [5.74, 6) is -4.34. The number of carbonyl (C=O) groups is 2. The molecule has 104 valence electrons. The van der Waals surface area contributed by atoms with E-state index in [0.717, 1.165) is 0 Å². The largest absolute Gasteiger partial charge is 0.481 e. The Morgan fingerprint density at radius 1 is 1.11 bits per heavy atom. The molecule has 0 aliphatic heterocycles. The molecule has 0 aliphatic carbocycles. The van der Waals surface area contributed by atoms with Gasteiger partial charge in [0.15, 0.2) is 5.92 Å². The van der Waals surface area contributed by atoms with Crippen LogP contribution in [0.5, 0.6) is 0 Å². The molecular formula is C14H17ClO4. The van der Waals surface area contributed by atoms with Crippen molar-refractivity contribution in [3.63, 3.8) is 0 Å². The lowest BCUT2D eigenvalue weighted by atomic mass is 9.65. The highest BCUT2D eigenvalue weighted by molar-refractivity contribution is 6.30. The fourth-order valence-electron chi connectivity index (χ4n) is 2.26. The van der Waals surface area contributed by atoms with E-state index in [4.69, 9.17) is 11.6 Å². The van der Waals surface area contributed by atoms with Crippen molar-refractivity contribution in [3.8, 4) is 0 Å². The number of hydrogen-bond donors (Lipinski definition) is 2. The van der Waals surface area contributed by atoms with Crippen LogP contribution in [-0.4, -0.2) is 22.2 Å². The number of benzene rings is 1. The monoisotopic (exact) mass is 284 g/mol. The smallest absolute Gasteiger partial charge is 0.318 e. The van der Waals surface area contributed by atoms with Crippen LogP contribution in [0.1, 0.15) is 26.3 Å². The summed E-state index contributed by atoms with van der Waals surface area (Å²) in [5, 5.41) is 19.0. The van der Waals surface area contributed by atoms with E-state index >= 15 is 0 Å². The number of hydrogen-bond acceptors (Lipinski definition) is 2. The highest BCUT2D eigenvalue weighted by atomic mass is 35.5. The summed E-state index contributed by atoms with van der Waals surface area (Å²) in [6, 6.07) is 6.64. The van der Waals surface area contributed by atoms with Crippen LogP contribution in [0.25, 0.3) is 0 Å². The van der Waals surface area contributed by atoms with Crippen molar-refractivity contribution in [3.05, 3.63) is 34.9 Å². The lowest BCUT2D eigenvalue weighted by Gasteiger charge is -2.37. The van der Waals surface area contributed by atoms with Gasteiger partial charge in [0.25, 0.3) is 0 Å². The Labute approximate surface area is 117 Å². The van der Waals surface area contributed by atoms with E-state index in [1.54, 1.807) is 31.2 Å². The van der Waals surface area contributed by atoms with Gasteiger partial charge in [-0.1, -0.05) is 44.5 Å². The normalized spacial score (nSPS) is 14.4. The maximum Gasteiger partial charge on any atom is 0.318 e. The summed E-state index contributed by atoms with van der Waals surface area (Å²) in [6.45, 7) is 5.29. The molecule has 0 heterocycles. The van der Waals surface area contributed by atoms with Gasteiger partial charge in [0.2, 0.25) is 0 Å². The minimum Gasteiger partial charge on any atom is -0.481 e. The lowest BCUT2D eigenvalue weighted by Crippen LogP contribution is -2.46. The van der Waals surface area contributed by atoms with Crippen molar-refractivity contribution in [2.24, 2.45) is 11.8 Å². The maximum atomic E-state index is 11.3. The van der Waals surface area contributed by atoms with Gasteiger partial charge < -0.3 is 10.2 Å². The first-order valence-corrected chi connectivity index (χ1v) is 6.30. The zero-order valence-electron chi connectivity index (χ0n) is 11.1. The Morgan fingerprint density at radius 2 is 1.53 bits per heavy atom. The zero-order chi connectivity index (χ0) is 14.8. The quantitative estimate of drug-likeness (QED) is 0.815. The molecule has 0 saturated carbocycles. The molecule has 2 N–H and O–H groups in total. The van der Waals surface area contributed by atoms with Gasteiger partial charge in [0.1, 0.15) is 0 Å². The molecule has 1 aromatic rings. The van der Waals surface area contributed by atoms with E-state index in [0.29, 0.717) is 10.6 Å². The van der Waals surface area contributed by atoms with Crippen LogP contribution in [0.15, 0.2) is 24.3 Å². The molecule has 19 heavy (non-hydrogen) atoms. The van der Waals surface area contributed by atoms with E-state index in [1.165, 1.54) is 0 Å². The molecule has 1 rings (SSSR count). The highest BCUT2D eigenvalue weighted by Gasteiger charge is 2.47. The molecule has 0 aliphatic rings. The minimum absolute atomic E-state index is 0.161. The third-order valence-corrected chi connectivity index (χ3v) is 4.01. The van der Waals surface area contributed by atoms with Crippen LogP contribution in [0.3, 0.4) is 0 Å². The van der Waals surface area contributed by atoms with E-state index < -0.39 is 23.3 Å². The summed E-state index contributed by atoms with van der Waals surface area (Å²) in [5.41, 5.74) is -0.357. The van der Waals surface area contributed by atoms with Crippen molar-refractivity contribution in [1.82, 2.24) is 0 Å². The predicted molar refractivity (Wildman–Crippen MR) is 72.4 cm³/mol. The standard InChI is InChI=1S/C14H17ClO4/c1-8(2)14(3,11(12(16)17)13(18)19)9-4-6-10(15)7-5-9/h4-8,11H,1-3H3,(H,16,17)(H,18,19). The van der Waals surface area contributed by atoms with Crippen LogP contribution >= 0.6 is 11.6 Å². The van der Waals surface area contributed by atoms with Crippen molar-refractivity contribution < 1.29 is 19.8 Å². The van der Waals surface area contributed by atoms with Crippen LogP contribution in [0, 0.1) is 11.8 Å². The van der Waals surface area contributed by atoms with Crippen LogP contribution in [-0.2, 0) is 15.0 Å². The summed E-state index contributed by atoms with van der Waals surface area (Å²) in [4.78, 5) is 22.7. The molecule has 0 spiro atoms. The highest BCUT2D eigenvalue weighted by Crippen LogP contribution is 2.40. The first-order chi connectivity index (χ1) is 8.71. The van der Waals surface area contributed by atoms with Gasteiger partial charge in [-0.25, -0.2) is 0 Å². The second-order valence-electron chi connectivity index (χ2n) is 5.05. The molecule has 0 aromatic heterocycles. The van der Waals surface area contributed by atoms with E-state index in [1.807, 2.05) is 13.8 Å². The second kappa shape index (κ2) is 5.61. The summed E-state index contributed by atoms with van der Waals surface area (Å²) in [6.07, 6.45) is 0. The number of aliphatic carboxylic acids is 2. The van der Waals surface area contributed by atoms with Gasteiger partial charge in [-0.15, -0.1) is 0 Å². The molecule has 0 radical (unpaired) electrons. The molecule has 4 nitrogen and oxygen atoms in total. The summed E-state index contributed by atoms with van der Waals surface area (Å²) >= 11 is 5.81. The van der Waals surface area contributed by atoms with Gasteiger partial charge in [-0.3, -0.25) is 9.59 Å². The van der Waals surface area contributed by atoms with Crippen LogP contribution in [0.2, 0.25) is 5.02 Å². The Morgan fingerprint density at radius 3 is 1.84 bits per heavy atom. The Hall–Kier alpha value is -1.55. The zero-order valence-corrected chi connectivity index (χ0v) is 11.8. The van der Waals surface area contributed by atoms with Crippen molar-refractivity contribution in [1.29, 1.82) is 0 Å². The number of halogens is 1. The molecule has 0 fully saturated rings. The van der Waals surface area contributed by atoms with Crippen LogP contribution < -0.4 is 0 Å². The Kier molecular flexibility index (Phi) is 4.58. The summed E-state index contributed by atoms with van der Waals surface area (Å²) in [7, 11) is 0. The second-order valence-corrected chi connectivity index (χ2v) is 5.49. The fraction of sp³-hybridized carbons (Fsp3) is 0.429. The third-order valence-electron chi connectivity index (χ3n) is 3.76.